The highest BCUT2D eigenvalue weighted by molar-refractivity contribution is 5.96. The highest BCUT2D eigenvalue weighted by Crippen LogP contribution is 2.23. The molecule has 1 aromatic carbocycles. The van der Waals surface area contributed by atoms with Gasteiger partial charge in [-0.2, -0.15) is 0 Å². The van der Waals surface area contributed by atoms with Crippen molar-refractivity contribution in [2.45, 2.75) is 32.2 Å². The lowest BCUT2D eigenvalue weighted by molar-refractivity contribution is 0.0743. The van der Waals surface area contributed by atoms with Crippen molar-refractivity contribution < 1.29 is 9.90 Å². The van der Waals surface area contributed by atoms with E-state index in [-0.39, 0.29) is 17.7 Å². The Bertz CT molecular complexity index is 738. The first kappa shape index (κ1) is 16.2. The average Bonchev–Trinajstić information content (AvgIpc) is 3.08. The molecule has 24 heavy (non-hydrogen) atoms. The van der Waals surface area contributed by atoms with Gasteiger partial charge >= 0.3 is 0 Å². The Hall–Kier alpha value is -2.62. The molecular formula is C20H22N2O2. The summed E-state index contributed by atoms with van der Waals surface area (Å²) < 4.78 is 0. The minimum absolute atomic E-state index is 0.0572. The molecule has 1 atom stereocenters. The second kappa shape index (κ2) is 7.30. The third kappa shape index (κ3) is 3.48. The Labute approximate surface area is 142 Å². The molecule has 0 radical (unpaired) electrons. The van der Waals surface area contributed by atoms with E-state index < -0.39 is 0 Å². The maximum atomic E-state index is 12.9. The smallest absolute Gasteiger partial charge is 0.254 e. The Balaban J connectivity index is 1.80. The van der Waals surface area contributed by atoms with Gasteiger partial charge in [0.05, 0.1) is 17.9 Å². The molecule has 0 spiro atoms. The molecule has 3 rings (SSSR count). The lowest BCUT2D eigenvalue weighted by Gasteiger charge is -2.25. The fraction of sp³-hybridized carbons (Fsp3) is 0.300. The van der Waals surface area contributed by atoms with Crippen molar-refractivity contribution in [3.05, 3.63) is 60.3 Å². The van der Waals surface area contributed by atoms with Crippen LogP contribution in [0.15, 0.2) is 54.7 Å². The number of carbonyl (C=O) groups excluding carboxylic acids is 1. The van der Waals surface area contributed by atoms with Crippen LogP contribution >= 0.6 is 0 Å². The lowest BCUT2D eigenvalue weighted by atomic mass is 10.1. The van der Waals surface area contributed by atoms with E-state index in [1.165, 1.54) is 6.20 Å². The molecule has 124 valence electrons. The predicted molar refractivity (Wildman–Crippen MR) is 94.8 cm³/mol. The Morgan fingerprint density at radius 3 is 2.96 bits per heavy atom. The van der Waals surface area contributed by atoms with Gasteiger partial charge in [0.25, 0.3) is 5.91 Å². The van der Waals surface area contributed by atoms with E-state index in [2.05, 4.69) is 24.1 Å². The van der Waals surface area contributed by atoms with E-state index in [1.807, 2.05) is 29.2 Å². The second-order valence-electron chi connectivity index (χ2n) is 6.08. The van der Waals surface area contributed by atoms with Gasteiger partial charge < -0.3 is 10.0 Å². The molecule has 1 aromatic heterocycles. The largest absolute Gasteiger partial charge is 0.506 e. The third-order valence-electron chi connectivity index (χ3n) is 4.33. The fourth-order valence-corrected chi connectivity index (χ4v) is 3.00. The topological polar surface area (TPSA) is 53.4 Å². The van der Waals surface area contributed by atoms with Crippen LogP contribution < -0.4 is 0 Å². The highest BCUT2D eigenvalue weighted by Gasteiger charge is 2.25. The molecule has 4 nitrogen and oxygen atoms in total. The zero-order chi connectivity index (χ0) is 16.9. The third-order valence-corrected chi connectivity index (χ3v) is 4.33. The molecule has 1 unspecified atom stereocenters. The molecule has 0 saturated carbocycles. The molecule has 1 amide bonds. The monoisotopic (exact) mass is 322 g/mol. The maximum absolute atomic E-state index is 12.9. The molecule has 0 bridgehead atoms. The van der Waals surface area contributed by atoms with Crippen LogP contribution in [-0.4, -0.2) is 33.5 Å². The molecule has 1 aliphatic heterocycles. The van der Waals surface area contributed by atoms with Crippen molar-refractivity contribution in [1.29, 1.82) is 0 Å². The molecule has 2 heterocycles. The Kier molecular flexibility index (Phi) is 4.94. The van der Waals surface area contributed by atoms with Gasteiger partial charge in [-0.1, -0.05) is 44.1 Å². The summed E-state index contributed by atoms with van der Waals surface area (Å²) >= 11 is 0. The number of amides is 1. The first-order valence-corrected chi connectivity index (χ1v) is 8.42. The zero-order valence-electron chi connectivity index (χ0n) is 13.9. The van der Waals surface area contributed by atoms with E-state index in [4.69, 9.17) is 0 Å². The summed E-state index contributed by atoms with van der Waals surface area (Å²) in [4.78, 5) is 19.0. The number of hydrogen-bond donors (Lipinski definition) is 1. The van der Waals surface area contributed by atoms with E-state index in [0.717, 1.165) is 30.5 Å². The predicted octanol–water partition coefficient (Wildman–Crippen LogP) is 4.03. The normalized spacial score (nSPS) is 16.5. The quantitative estimate of drug-likeness (QED) is 0.846. The van der Waals surface area contributed by atoms with Crippen LogP contribution in [0.5, 0.6) is 5.75 Å². The summed E-state index contributed by atoms with van der Waals surface area (Å²) in [5.74, 6) is 0.189. The highest BCUT2D eigenvalue weighted by atomic mass is 16.3. The fourth-order valence-electron chi connectivity index (χ4n) is 3.00. The van der Waals surface area contributed by atoms with Crippen molar-refractivity contribution in [2.75, 3.05) is 6.54 Å². The number of aromatic nitrogens is 1. The van der Waals surface area contributed by atoms with Gasteiger partial charge in [0.1, 0.15) is 5.75 Å². The summed E-state index contributed by atoms with van der Waals surface area (Å²) in [5, 5.41) is 9.36. The number of pyridine rings is 1. The van der Waals surface area contributed by atoms with E-state index >= 15 is 0 Å². The molecule has 4 heteroatoms. The molecule has 1 N–H and O–H groups in total. The molecule has 0 aliphatic carbocycles. The van der Waals surface area contributed by atoms with Gasteiger partial charge in [-0.3, -0.25) is 9.78 Å². The molecule has 0 saturated heterocycles. The number of nitrogens with zero attached hydrogens (tertiary/aromatic N) is 2. The molecule has 0 fully saturated rings. The minimum atomic E-state index is 0.0572. The standard InChI is InChI=1S/C20H22N2O2/c1-2-3-8-17-9-5-12-22(17)20(24)16-7-4-6-15(13-16)19-11-10-18(23)14-21-19/h4-7,9-11,13-14,17,23H,2-3,8,12H2,1H3. The summed E-state index contributed by atoms with van der Waals surface area (Å²) in [5.41, 5.74) is 2.29. The van der Waals surface area contributed by atoms with Crippen LogP contribution in [0.1, 0.15) is 36.5 Å². The van der Waals surface area contributed by atoms with Crippen LogP contribution in [0.2, 0.25) is 0 Å². The molecule has 1 aliphatic rings. The number of hydrogen-bond acceptors (Lipinski definition) is 3. The van der Waals surface area contributed by atoms with Crippen molar-refractivity contribution >= 4 is 5.91 Å². The van der Waals surface area contributed by atoms with Crippen molar-refractivity contribution in [2.24, 2.45) is 0 Å². The van der Waals surface area contributed by atoms with Gasteiger partial charge in [0.2, 0.25) is 0 Å². The summed E-state index contributed by atoms with van der Waals surface area (Å²) in [6.07, 6.45) is 8.89. The van der Waals surface area contributed by atoms with Crippen molar-refractivity contribution in [1.82, 2.24) is 9.88 Å². The number of benzene rings is 1. The SMILES string of the molecule is CCCCC1C=CCN1C(=O)c1cccc(-c2ccc(O)cn2)c1. The van der Waals surface area contributed by atoms with Crippen molar-refractivity contribution in [3.8, 4) is 17.0 Å². The van der Waals surface area contributed by atoms with Gasteiger partial charge in [0.15, 0.2) is 0 Å². The van der Waals surface area contributed by atoms with Crippen LogP contribution in [0.4, 0.5) is 0 Å². The maximum Gasteiger partial charge on any atom is 0.254 e. The molecular weight excluding hydrogens is 300 g/mol. The van der Waals surface area contributed by atoms with Crippen LogP contribution in [0.3, 0.4) is 0 Å². The number of rotatable bonds is 5. The van der Waals surface area contributed by atoms with Gasteiger partial charge in [-0.05, 0) is 30.7 Å². The van der Waals surface area contributed by atoms with Crippen LogP contribution in [-0.2, 0) is 0 Å². The minimum Gasteiger partial charge on any atom is -0.506 e. The van der Waals surface area contributed by atoms with Gasteiger partial charge in [0, 0.05) is 17.7 Å². The van der Waals surface area contributed by atoms with Crippen LogP contribution in [0, 0.1) is 0 Å². The van der Waals surface area contributed by atoms with E-state index in [1.54, 1.807) is 12.1 Å². The lowest BCUT2D eigenvalue weighted by Crippen LogP contribution is -2.36. The number of aromatic hydroxyl groups is 1. The summed E-state index contributed by atoms with van der Waals surface area (Å²) in [6.45, 7) is 2.84. The van der Waals surface area contributed by atoms with E-state index in [9.17, 15) is 9.90 Å². The van der Waals surface area contributed by atoms with E-state index in [0.29, 0.717) is 12.1 Å². The number of carbonyl (C=O) groups is 1. The van der Waals surface area contributed by atoms with Gasteiger partial charge in [-0.25, -0.2) is 0 Å². The zero-order valence-corrected chi connectivity index (χ0v) is 13.9. The second-order valence-corrected chi connectivity index (χ2v) is 6.08. The number of unbranched alkanes of at least 4 members (excludes halogenated alkanes) is 1. The summed E-state index contributed by atoms with van der Waals surface area (Å²) in [6, 6.07) is 11.1. The Morgan fingerprint density at radius 1 is 1.33 bits per heavy atom. The Morgan fingerprint density at radius 2 is 2.21 bits per heavy atom. The first-order valence-electron chi connectivity index (χ1n) is 8.42. The van der Waals surface area contributed by atoms with Crippen molar-refractivity contribution in [3.63, 3.8) is 0 Å². The van der Waals surface area contributed by atoms with Crippen LogP contribution in [0.25, 0.3) is 11.3 Å². The average molecular weight is 322 g/mol. The first-order chi connectivity index (χ1) is 11.7. The van der Waals surface area contributed by atoms with Gasteiger partial charge in [-0.15, -0.1) is 0 Å². The molecule has 2 aromatic rings. The summed E-state index contributed by atoms with van der Waals surface area (Å²) in [7, 11) is 0.